The number of rotatable bonds is 7. The highest BCUT2D eigenvalue weighted by atomic mass is 32.1. The molecular weight excluding hydrogens is 641 g/mol. The number of piperidine rings is 6. The van der Waals surface area contributed by atoms with Crippen molar-refractivity contribution in [2.45, 2.75) is 75.3 Å². The second-order valence-corrected chi connectivity index (χ2v) is 17.5. The molecule has 48 heavy (non-hydrogen) atoms. The van der Waals surface area contributed by atoms with E-state index >= 15 is 0 Å². The number of hydrogen-bond acceptors (Lipinski definition) is 9. The molecule has 8 aliphatic rings. The average molecular weight is 683 g/mol. The Hall–Kier alpha value is -3.18. The van der Waals surface area contributed by atoms with Gasteiger partial charge in [-0.1, -0.05) is 6.07 Å². The summed E-state index contributed by atoms with van der Waals surface area (Å²) in [6.45, 7) is 4.94. The van der Waals surface area contributed by atoms with Crippen LogP contribution in [0.4, 0.5) is 11.4 Å². The van der Waals surface area contributed by atoms with Gasteiger partial charge in [0.1, 0.15) is 0 Å². The summed E-state index contributed by atoms with van der Waals surface area (Å²) in [6, 6.07) is 14.7. The van der Waals surface area contributed by atoms with Crippen molar-refractivity contribution in [3.8, 4) is 0 Å². The van der Waals surface area contributed by atoms with E-state index in [1.54, 1.807) is 23.5 Å². The first-order valence-electron chi connectivity index (χ1n) is 17.8. The standard InChI is InChI=1S/C19H20N2O3S.C19H22N2OS/c22-16(11-15-12-3-7-20(8-4-12)19(15)5-6-19)18-9-13-1-2-14(21(23)24)10-17(13)25-18;20-14-2-1-13-9-18(23-17(13)10-14)16(22)11-15-12-3-7-21(8-4-12)19(15)5-6-19/h1-2,9-10,12,15H,3-8,11H2;1-2,9-10,12,15H,3-8,11,20H2. The van der Waals surface area contributed by atoms with E-state index in [0.29, 0.717) is 41.0 Å². The lowest BCUT2D eigenvalue weighted by Gasteiger charge is -2.52. The molecule has 0 amide bonds. The van der Waals surface area contributed by atoms with Crippen molar-refractivity contribution in [1.82, 2.24) is 9.80 Å². The molecule has 4 aromatic rings. The number of nitrogens with zero attached hydrogens (tertiary/aromatic N) is 3. The van der Waals surface area contributed by atoms with Crippen LogP contribution in [0.25, 0.3) is 20.2 Å². The van der Waals surface area contributed by atoms with E-state index in [2.05, 4.69) is 15.9 Å². The number of carbonyl (C=O) groups is 2. The van der Waals surface area contributed by atoms with Crippen LogP contribution in [0.2, 0.25) is 0 Å². The van der Waals surface area contributed by atoms with Gasteiger partial charge in [-0.15, -0.1) is 22.7 Å². The van der Waals surface area contributed by atoms with Crippen LogP contribution in [-0.2, 0) is 0 Å². The van der Waals surface area contributed by atoms with Crippen molar-refractivity contribution in [2.24, 2.45) is 23.7 Å². The fourth-order valence-electron chi connectivity index (χ4n) is 10.2. The van der Waals surface area contributed by atoms with Crippen LogP contribution in [0, 0.1) is 33.8 Å². The molecule has 250 valence electrons. The number of Topliss-reactive ketones (excluding diaryl/α,β-unsaturated/α-hetero) is 2. The predicted molar refractivity (Wildman–Crippen MR) is 192 cm³/mol. The maximum Gasteiger partial charge on any atom is 0.270 e. The van der Waals surface area contributed by atoms with Crippen LogP contribution >= 0.6 is 22.7 Å². The number of anilines is 1. The second kappa shape index (κ2) is 11.4. The number of non-ortho nitro benzene ring substituents is 1. The first-order chi connectivity index (χ1) is 23.2. The number of nitrogens with two attached hydrogens (primary N) is 1. The smallest absolute Gasteiger partial charge is 0.270 e. The fourth-order valence-corrected chi connectivity index (χ4v) is 12.3. The monoisotopic (exact) mass is 682 g/mol. The van der Waals surface area contributed by atoms with Gasteiger partial charge in [-0.25, -0.2) is 0 Å². The van der Waals surface area contributed by atoms with Crippen molar-refractivity contribution in [2.75, 3.05) is 31.9 Å². The van der Waals surface area contributed by atoms with E-state index in [-0.39, 0.29) is 16.4 Å². The summed E-state index contributed by atoms with van der Waals surface area (Å²) in [5.74, 6) is 3.13. The lowest BCUT2D eigenvalue weighted by atomic mass is 9.70. The zero-order chi connectivity index (χ0) is 32.8. The molecule has 2 aromatic heterocycles. The highest BCUT2D eigenvalue weighted by Crippen LogP contribution is 2.60. The van der Waals surface area contributed by atoms with Crippen LogP contribution in [0.5, 0.6) is 0 Å². The Morgan fingerprint density at radius 1 is 0.729 bits per heavy atom. The van der Waals surface area contributed by atoms with Crippen LogP contribution in [0.1, 0.15) is 83.6 Å². The molecule has 8 nitrogen and oxygen atoms in total. The Kier molecular flexibility index (Phi) is 7.35. The number of fused-ring (bicyclic) bond motifs is 6. The van der Waals surface area contributed by atoms with Crippen LogP contribution in [0.3, 0.4) is 0 Å². The molecule has 10 heteroatoms. The number of benzene rings is 2. The number of thiophene rings is 2. The number of nitrogen functional groups attached to an aromatic ring is 1. The molecule has 2 aromatic carbocycles. The number of nitro benzene ring substituents is 1. The van der Waals surface area contributed by atoms with Crippen LogP contribution in [0.15, 0.2) is 48.5 Å². The first kappa shape index (κ1) is 30.8. The Bertz CT molecular complexity index is 1940. The third-order valence-electron chi connectivity index (χ3n) is 13.0. The number of carbonyl (C=O) groups excluding carboxylic acids is 2. The van der Waals surface area contributed by atoms with Gasteiger partial charge in [0.2, 0.25) is 0 Å². The van der Waals surface area contributed by atoms with Crippen molar-refractivity contribution < 1.29 is 14.5 Å². The molecule has 0 radical (unpaired) electrons. The maximum atomic E-state index is 13.0. The molecule has 8 fully saturated rings. The average Bonchev–Trinajstić information content (AvgIpc) is 3.97. The van der Waals surface area contributed by atoms with E-state index in [4.69, 9.17) is 5.73 Å². The fraction of sp³-hybridized carbons (Fsp3) is 0.526. The van der Waals surface area contributed by atoms with Gasteiger partial charge in [-0.05, 0) is 142 Å². The largest absolute Gasteiger partial charge is 0.399 e. The highest BCUT2D eigenvalue weighted by Gasteiger charge is 2.61. The molecule has 4 bridgehead atoms. The highest BCUT2D eigenvalue weighted by molar-refractivity contribution is 7.21. The third kappa shape index (κ3) is 5.13. The van der Waals surface area contributed by atoms with Gasteiger partial charge in [0.15, 0.2) is 11.6 Å². The summed E-state index contributed by atoms with van der Waals surface area (Å²) >= 11 is 3.00. The molecule has 2 spiro atoms. The zero-order valence-corrected chi connectivity index (χ0v) is 28.8. The van der Waals surface area contributed by atoms with Crippen molar-refractivity contribution >= 4 is 65.8 Å². The van der Waals surface area contributed by atoms with E-state index in [1.807, 2.05) is 24.3 Å². The van der Waals surface area contributed by atoms with E-state index in [0.717, 1.165) is 48.0 Å². The molecule has 2 N–H and O–H groups in total. The number of ketones is 2. The first-order valence-corrected chi connectivity index (χ1v) is 19.4. The van der Waals surface area contributed by atoms with E-state index in [9.17, 15) is 19.7 Å². The molecule has 2 unspecified atom stereocenters. The number of nitro groups is 1. The predicted octanol–water partition coefficient (Wildman–Crippen LogP) is 8.19. The van der Waals surface area contributed by atoms with E-state index < -0.39 is 0 Å². The summed E-state index contributed by atoms with van der Waals surface area (Å²) in [5, 5.41) is 13.0. The lowest BCUT2D eigenvalue weighted by Crippen LogP contribution is -2.57. The van der Waals surface area contributed by atoms with Gasteiger partial charge < -0.3 is 5.73 Å². The summed E-state index contributed by atoms with van der Waals surface area (Å²) in [4.78, 5) is 43.4. The Morgan fingerprint density at radius 2 is 1.19 bits per heavy atom. The molecule has 2 saturated carbocycles. The summed E-state index contributed by atoms with van der Waals surface area (Å²) in [5.41, 5.74) is 7.44. The van der Waals surface area contributed by atoms with Crippen LogP contribution < -0.4 is 5.73 Å². The van der Waals surface area contributed by atoms with Crippen molar-refractivity contribution in [3.63, 3.8) is 0 Å². The topological polar surface area (TPSA) is 110 Å². The Morgan fingerprint density at radius 3 is 1.65 bits per heavy atom. The Balaban J connectivity index is 0.000000131. The van der Waals surface area contributed by atoms with Gasteiger partial charge in [-0.3, -0.25) is 29.5 Å². The Labute approximate surface area is 288 Å². The second-order valence-electron chi connectivity index (χ2n) is 15.3. The molecular formula is C38H42N4O4S2. The normalized spacial score (nSPS) is 30.0. The van der Waals surface area contributed by atoms with Gasteiger partial charge >= 0.3 is 0 Å². The number of hydrogen-bond donors (Lipinski definition) is 1. The van der Waals surface area contributed by atoms with Crippen molar-refractivity contribution in [3.05, 3.63) is 68.4 Å². The summed E-state index contributed by atoms with van der Waals surface area (Å²) in [6.07, 6.45) is 11.6. The maximum absolute atomic E-state index is 13.0. The van der Waals surface area contributed by atoms with Gasteiger partial charge in [0, 0.05) is 51.1 Å². The van der Waals surface area contributed by atoms with Crippen LogP contribution in [-0.4, -0.2) is 63.5 Å². The summed E-state index contributed by atoms with van der Waals surface area (Å²) in [7, 11) is 0. The molecule has 8 heterocycles. The lowest BCUT2D eigenvalue weighted by molar-refractivity contribution is -0.384. The van der Waals surface area contributed by atoms with Gasteiger partial charge in [0.05, 0.1) is 14.7 Å². The minimum absolute atomic E-state index is 0.0858. The molecule has 2 aliphatic carbocycles. The third-order valence-corrected chi connectivity index (χ3v) is 15.3. The van der Waals surface area contributed by atoms with E-state index in [1.165, 1.54) is 94.9 Å². The quantitative estimate of drug-likeness (QED) is 0.0906. The molecule has 6 saturated heterocycles. The zero-order valence-electron chi connectivity index (χ0n) is 27.2. The summed E-state index contributed by atoms with van der Waals surface area (Å²) < 4.78 is 1.95. The molecule has 12 rings (SSSR count). The molecule has 6 aliphatic heterocycles. The molecule has 2 atom stereocenters. The van der Waals surface area contributed by atoms with Gasteiger partial charge in [0.25, 0.3) is 5.69 Å². The minimum Gasteiger partial charge on any atom is -0.399 e. The van der Waals surface area contributed by atoms with Crippen molar-refractivity contribution in [1.29, 1.82) is 0 Å². The minimum atomic E-state index is -0.384. The van der Waals surface area contributed by atoms with Gasteiger partial charge in [-0.2, -0.15) is 0 Å². The SMILES string of the molecule is Nc1ccc2cc(C(=O)CC3C4CCN(CC4)C34CC4)sc2c1.O=C(CC1C2CCN(CC2)C12CC2)c1cc2ccc([N+](=O)[O-])cc2s1.